The normalized spacial score (nSPS) is 16.5. The molecule has 0 fully saturated rings. The Morgan fingerprint density at radius 2 is 0.795 bits per heavy atom. The molecule has 5 unspecified atom stereocenters. The molecule has 0 bridgehead atoms. The summed E-state index contributed by atoms with van der Waals surface area (Å²) in [6.45, 7) is 16.3. The van der Waals surface area contributed by atoms with Crippen LogP contribution >= 0.6 is 31.2 Å². The van der Waals surface area contributed by atoms with Gasteiger partial charge in [0.15, 0.2) is 26.4 Å². The maximum absolute atomic E-state index is 12.9. The van der Waals surface area contributed by atoms with E-state index in [4.69, 9.17) is 28.4 Å². The van der Waals surface area contributed by atoms with Gasteiger partial charge < -0.3 is 28.4 Å². The van der Waals surface area contributed by atoms with Crippen LogP contribution in [-0.2, 0) is 50.0 Å². The maximum atomic E-state index is 12.9. The average Bonchev–Trinajstić information content (AvgIpc) is 1.68. The van der Waals surface area contributed by atoms with Gasteiger partial charge in [0.05, 0.1) is 64.0 Å². The molecule has 2 aliphatic rings. The number of Topliss-reactive ketones (excluding diaryl/α,β-unsaturated/α-hetero) is 4. The summed E-state index contributed by atoms with van der Waals surface area (Å²) in [4.78, 5) is 51.8. The molecule has 0 saturated carbocycles. The molecule has 42 heteroatoms. The first kappa shape index (κ1) is 117. The van der Waals surface area contributed by atoms with E-state index < -0.39 is 31.2 Å². The molecule has 1 heterocycles. The molecule has 0 radical (unpaired) electrons. The molecule has 1 aliphatic carbocycles. The van der Waals surface area contributed by atoms with Crippen LogP contribution in [0.15, 0.2) is 114 Å². The van der Waals surface area contributed by atoms with Crippen molar-refractivity contribution in [3.05, 3.63) is 137 Å². The standard InChI is InChI=1S/C24H33O3S.C21H29O3S.C19H29O2S.C16H25O2S.4F6P/c1-4-5-6-7-8-9-18-28(23-16-14-22(27-3)15-17-23)19-24(25)20-10-12-21(26-2)13-11-20;1-4-6-7-8-9-10-14-25(13-5-2)20-16-24-19-15-17(23-3)11-12-18(19)21(20)22;1-4-5-6-7-8-9-12-21-16-10-11-17-15(13-16)14-18(19(17)20)22(2)3;1-5-11-19(12-6-2)13(3)16(17)14-7-9-15(18-4)10-8-14;4*1-7(2,3,4,5)6/h10-17H,4-9,18-19H2,1-3H3;11-12,15,20H,4,6-10,14,16H2,1-3H3;10-11,13,18H,4-9,12,14H2,1-3H3;7-10,13H,5-6,11-12H2,1-4H3;;;;/q4*+1;4*-1. The number of ketones is 4. The number of benzene rings is 5. The molecule has 708 valence electrons. The number of unbranched alkanes of at least 4 members (excludes halogenated alkanes) is 15. The van der Waals surface area contributed by atoms with Crippen molar-refractivity contribution in [2.75, 3.05) is 82.9 Å². The number of rotatable bonds is 39. The van der Waals surface area contributed by atoms with Crippen molar-refractivity contribution in [3.63, 3.8) is 0 Å². The van der Waals surface area contributed by atoms with Gasteiger partial charge in [-0.3, -0.25) is 19.2 Å². The van der Waals surface area contributed by atoms with E-state index in [1.807, 2.05) is 91.9 Å². The van der Waals surface area contributed by atoms with Crippen LogP contribution in [0, 0.1) is 11.2 Å². The summed E-state index contributed by atoms with van der Waals surface area (Å²) in [5.74, 6) is 13.6. The van der Waals surface area contributed by atoms with Crippen LogP contribution in [-0.4, -0.2) is 122 Å². The summed E-state index contributed by atoms with van der Waals surface area (Å²) >= 11 is 0. The molecule has 7 rings (SSSR count). The number of halogens is 24. The van der Waals surface area contributed by atoms with Crippen molar-refractivity contribution in [2.24, 2.45) is 0 Å². The van der Waals surface area contributed by atoms with E-state index in [0.29, 0.717) is 35.2 Å². The summed E-state index contributed by atoms with van der Waals surface area (Å²) in [5.41, 5.74) is 4.32. The van der Waals surface area contributed by atoms with Crippen LogP contribution in [0.4, 0.5) is 101 Å². The number of carbonyl (C=O) groups excluding carboxylic acids is 4. The van der Waals surface area contributed by atoms with Gasteiger partial charge in [-0.15, -0.1) is 0 Å². The molecule has 0 saturated heterocycles. The zero-order valence-corrected chi connectivity index (χ0v) is 77.3. The van der Waals surface area contributed by atoms with E-state index in [1.165, 1.54) is 113 Å². The third-order valence-corrected chi connectivity index (χ3v) is 26.0. The van der Waals surface area contributed by atoms with Crippen LogP contribution in [0.5, 0.6) is 34.5 Å². The quantitative estimate of drug-likeness (QED) is 0.00938. The van der Waals surface area contributed by atoms with Gasteiger partial charge in [-0.25, -0.2) is 0 Å². The molecule has 0 aromatic heterocycles. The first-order valence-corrected chi connectivity index (χ1v) is 53.7. The summed E-state index contributed by atoms with van der Waals surface area (Å²) in [7, 11) is -36.0. The van der Waals surface area contributed by atoms with Gasteiger partial charge in [0.1, 0.15) is 64.1 Å². The number of ether oxygens (including phenoxy) is 6. The zero-order chi connectivity index (χ0) is 94.1. The fraction of sp³-hybridized carbons (Fsp3) is 0.550. The fourth-order valence-electron chi connectivity index (χ4n) is 11.2. The summed E-state index contributed by atoms with van der Waals surface area (Å²) in [5, 5.41) is 3.47. The molecule has 5 aromatic carbocycles. The van der Waals surface area contributed by atoms with Gasteiger partial charge in [-0.05, 0) is 188 Å². The molecule has 5 aromatic rings. The topological polar surface area (TPSA) is 124 Å². The SMILES string of the molecule is CC#C[S+](CCCCCCCC)C1COc2cc(OC)ccc2C1=O.CCCCCCCCOc1ccc2c(c1)CC([S+](C)C)C2=O.CCCCCCCC[S+](CC(=O)c1ccc(OC)cc1)c1ccc(OC)cc1.CCC[S+](CCC)C(C)C(=O)c1ccc(OC)cc1.F[P-](F)(F)(F)(F)F.F[P-](F)(F)(F)(F)F.F[P-](F)(F)(F)(F)F.F[P-](F)(F)(F)(F)F. The van der Waals surface area contributed by atoms with Gasteiger partial charge in [0.25, 0.3) is 0 Å². The van der Waals surface area contributed by atoms with Gasteiger partial charge in [0.2, 0.25) is 28.4 Å². The van der Waals surface area contributed by atoms with E-state index >= 15 is 0 Å². The van der Waals surface area contributed by atoms with Gasteiger partial charge in [-0.1, -0.05) is 118 Å². The second kappa shape index (κ2) is 48.1. The minimum absolute atomic E-state index is 0.0794. The number of carbonyl (C=O) groups is 4. The van der Waals surface area contributed by atoms with Crippen molar-refractivity contribution >= 4 is 97.9 Å². The zero-order valence-electron chi connectivity index (χ0n) is 70.5. The summed E-state index contributed by atoms with van der Waals surface area (Å²) in [6.07, 6.45) is 30.3. The van der Waals surface area contributed by atoms with E-state index in [1.54, 1.807) is 34.5 Å². The Labute approximate surface area is 712 Å². The van der Waals surface area contributed by atoms with Crippen LogP contribution in [0.1, 0.15) is 224 Å². The van der Waals surface area contributed by atoms with Crippen molar-refractivity contribution in [1.29, 1.82) is 0 Å². The molecule has 1 aliphatic heterocycles. The first-order valence-electron chi connectivity index (χ1n) is 38.9. The van der Waals surface area contributed by atoms with E-state index in [9.17, 15) is 120 Å². The van der Waals surface area contributed by atoms with Crippen LogP contribution in [0.25, 0.3) is 0 Å². The van der Waals surface area contributed by atoms with Crippen LogP contribution < -0.4 is 28.4 Å². The summed E-state index contributed by atoms with van der Waals surface area (Å²) in [6, 6.07) is 34.5. The number of methoxy groups -OCH3 is 4. The second-order valence-electron chi connectivity index (χ2n) is 28.1. The van der Waals surface area contributed by atoms with E-state index in [-0.39, 0.29) is 76.7 Å². The molecular weight excluding hydrogens is 1830 g/mol. The van der Waals surface area contributed by atoms with E-state index in [2.05, 4.69) is 83.4 Å². The molecule has 122 heavy (non-hydrogen) atoms. The average molecular weight is 1950 g/mol. The van der Waals surface area contributed by atoms with Gasteiger partial charge in [-0.2, -0.15) is 0 Å². The Balaban J connectivity index is 0.00000145. The monoisotopic (exact) mass is 1940 g/mol. The van der Waals surface area contributed by atoms with Crippen LogP contribution in [0.2, 0.25) is 0 Å². The Hall–Kier alpha value is -5.42. The Kier molecular flexibility index (Phi) is 46.0. The molecule has 10 nitrogen and oxygen atoms in total. The Morgan fingerprint density at radius 3 is 1.20 bits per heavy atom. The van der Waals surface area contributed by atoms with Crippen molar-refractivity contribution < 1.29 is 148 Å². The van der Waals surface area contributed by atoms with Gasteiger partial charge in [0, 0.05) is 47.0 Å². The molecule has 0 amide bonds. The predicted molar refractivity (Wildman–Crippen MR) is 460 cm³/mol. The van der Waals surface area contributed by atoms with Crippen molar-refractivity contribution in [2.45, 2.75) is 204 Å². The Bertz CT molecular complexity index is 3880. The second-order valence-corrected chi connectivity index (χ2v) is 44.9. The molecular formula is C80H116F24O10P4S4. The fourth-order valence-corrected chi connectivity index (χ4v) is 18.7. The van der Waals surface area contributed by atoms with Gasteiger partial charge >= 0.3 is 132 Å². The van der Waals surface area contributed by atoms with Crippen LogP contribution in [0.3, 0.4) is 0 Å². The summed E-state index contributed by atoms with van der Waals surface area (Å²) < 4.78 is 269. The first-order chi connectivity index (χ1) is 55.4. The van der Waals surface area contributed by atoms with Crippen molar-refractivity contribution in [1.82, 2.24) is 0 Å². The van der Waals surface area contributed by atoms with Crippen molar-refractivity contribution in [3.8, 4) is 45.7 Å². The number of fused-ring (bicyclic) bond motifs is 2. The number of hydrogen-bond acceptors (Lipinski definition) is 10. The number of hydrogen-bond donors (Lipinski definition) is 0. The molecule has 5 atom stereocenters. The third kappa shape index (κ3) is 66.1. The molecule has 0 N–H and O–H groups in total. The third-order valence-electron chi connectivity index (χ3n) is 16.8. The Morgan fingerprint density at radius 1 is 0.434 bits per heavy atom. The predicted octanol–water partition coefficient (Wildman–Crippen LogP) is 32.2. The minimum atomic E-state index is -10.7. The van der Waals surface area contributed by atoms with E-state index in [0.717, 1.165) is 101 Å². The molecule has 0 spiro atoms.